The standard InChI is InChI=1S/C18H15FN4S/c1-12-5-3-4-6-17(12)23-13(2)21-22-18(23)24-11-14-7-8-16(19)9-15(14)10-20/h3-9H,11H2,1-2H3. The molecule has 0 saturated heterocycles. The van der Waals surface area contributed by atoms with Gasteiger partial charge in [0.1, 0.15) is 11.6 Å². The van der Waals surface area contributed by atoms with Gasteiger partial charge in [-0.25, -0.2) is 4.39 Å². The number of rotatable bonds is 4. The van der Waals surface area contributed by atoms with Gasteiger partial charge in [0.05, 0.1) is 17.3 Å². The van der Waals surface area contributed by atoms with Crippen LogP contribution in [0, 0.1) is 31.0 Å². The average molecular weight is 338 g/mol. The van der Waals surface area contributed by atoms with E-state index in [1.165, 1.54) is 23.9 Å². The summed E-state index contributed by atoms with van der Waals surface area (Å²) in [6.07, 6.45) is 0. The summed E-state index contributed by atoms with van der Waals surface area (Å²) < 4.78 is 15.2. The number of hydrogen-bond donors (Lipinski definition) is 0. The van der Waals surface area contributed by atoms with Crippen molar-refractivity contribution in [3.63, 3.8) is 0 Å². The lowest BCUT2D eigenvalue weighted by Gasteiger charge is -2.11. The Morgan fingerprint density at radius 1 is 1.17 bits per heavy atom. The predicted octanol–water partition coefficient (Wildman–Crippen LogP) is 4.19. The highest BCUT2D eigenvalue weighted by Gasteiger charge is 2.14. The molecule has 0 aliphatic rings. The first-order valence-corrected chi connectivity index (χ1v) is 8.38. The Bertz CT molecular complexity index is 927. The van der Waals surface area contributed by atoms with E-state index >= 15 is 0 Å². The summed E-state index contributed by atoms with van der Waals surface area (Å²) >= 11 is 1.48. The van der Waals surface area contributed by atoms with Gasteiger partial charge >= 0.3 is 0 Å². The Balaban J connectivity index is 1.91. The van der Waals surface area contributed by atoms with Gasteiger partial charge in [-0.1, -0.05) is 36.0 Å². The second kappa shape index (κ2) is 6.85. The van der Waals surface area contributed by atoms with E-state index in [0.29, 0.717) is 11.3 Å². The topological polar surface area (TPSA) is 54.5 Å². The van der Waals surface area contributed by atoms with Crippen molar-refractivity contribution in [1.29, 1.82) is 5.26 Å². The first kappa shape index (κ1) is 16.2. The fourth-order valence-corrected chi connectivity index (χ4v) is 3.44. The Hall–Kier alpha value is -2.65. The minimum absolute atomic E-state index is 0.348. The summed E-state index contributed by atoms with van der Waals surface area (Å²) in [7, 11) is 0. The number of benzene rings is 2. The molecular formula is C18H15FN4S. The minimum Gasteiger partial charge on any atom is -0.274 e. The van der Waals surface area contributed by atoms with E-state index in [4.69, 9.17) is 5.26 Å². The highest BCUT2D eigenvalue weighted by Crippen LogP contribution is 2.27. The third-order valence-corrected chi connectivity index (χ3v) is 4.68. The summed E-state index contributed by atoms with van der Waals surface area (Å²) in [5.74, 6) is 0.915. The van der Waals surface area contributed by atoms with Crippen molar-refractivity contribution in [3.8, 4) is 11.8 Å². The molecule has 1 aromatic heterocycles. The molecule has 0 unspecified atom stereocenters. The van der Waals surface area contributed by atoms with Gasteiger partial charge in [0.2, 0.25) is 0 Å². The maximum atomic E-state index is 13.2. The van der Waals surface area contributed by atoms with Crippen LogP contribution in [-0.2, 0) is 5.75 Å². The molecule has 1 heterocycles. The maximum Gasteiger partial charge on any atom is 0.196 e. The number of hydrogen-bond acceptors (Lipinski definition) is 4. The Labute approximate surface area is 144 Å². The van der Waals surface area contributed by atoms with Gasteiger partial charge in [0, 0.05) is 5.75 Å². The summed E-state index contributed by atoms with van der Waals surface area (Å²) in [6.45, 7) is 3.94. The predicted molar refractivity (Wildman–Crippen MR) is 91.5 cm³/mol. The van der Waals surface area contributed by atoms with Crippen molar-refractivity contribution >= 4 is 11.8 Å². The van der Waals surface area contributed by atoms with Crippen LogP contribution in [-0.4, -0.2) is 14.8 Å². The van der Waals surface area contributed by atoms with E-state index in [1.54, 1.807) is 6.07 Å². The van der Waals surface area contributed by atoms with Crippen LogP contribution in [0.15, 0.2) is 47.6 Å². The van der Waals surface area contributed by atoms with Crippen LogP contribution in [0.2, 0.25) is 0 Å². The normalized spacial score (nSPS) is 10.6. The molecule has 0 atom stereocenters. The lowest BCUT2D eigenvalue weighted by molar-refractivity contribution is 0.627. The number of thioether (sulfide) groups is 1. The quantitative estimate of drug-likeness (QED) is 0.670. The Morgan fingerprint density at radius 2 is 1.96 bits per heavy atom. The smallest absolute Gasteiger partial charge is 0.196 e. The van der Waals surface area contributed by atoms with Crippen LogP contribution in [0.4, 0.5) is 4.39 Å². The molecule has 0 saturated carbocycles. The van der Waals surface area contributed by atoms with Crippen LogP contribution in [0.3, 0.4) is 0 Å². The molecule has 6 heteroatoms. The molecular weight excluding hydrogens is 323 g/mol. The monoisotopic (exact) mass is 338 g/mol. The van der Waals surface area contributed by atoms with E-state index in [1.807, 2.05) is 48.7 Å². The van der Waals surface area contributed by atoms with Crippen LogP contribution in [0.25, 0.3) is 5.69 Å². The van der Waals surface area contributed by atoms with Crippen LogP contribution < -0.4 is 0 Å². The number of aromatic nitrogens is 3. The van der Waals surface area contributed by atoms with Crippen molar-refractivity contribution in [1.82, 2.24) is 14.8 Å². The van der Waals surface area contributed by atoms with E-state index in [9.17, 15) is 4.39 Å². The van der Waals surface area contributed by atoms with Crippen molar-refractivity contribution in [2.75, 3.05) is 0 Å². The number of nitriles is 1. The number of nitrogens with zero attached hydrogens (tertiary/aromatic N) is 4. The molecule has 0 amide bonds. The van der Waals surface area contributed by atoms with Gasteiger partial charge in [0.25, 0.3) is 0 Å². The summed E-state index contributed by atoms with van der Waals surface area (Å²) in [6, 6.07) is 14.3. The summed E-state index contributed by atoms with van der Waals surface area (Å²) in [5, 5.41) is 18.3. The average Bonchev–Trinajstić information content (AvgIpc) is 2.94. The number of halogens is 1. The number of para-hydroxylation sites is 1. The fraction of sp³-hybridized carbons (Fsp3) is 0.167. The molecule has 0 bridgehead atoms. The first-order chi connectivity index (χ1) is 11.6. The molecule has 2 aromatic carbocycles. The molecule has 3 aromatic rings. The van der Waals surface area contributed by atoms with Crippen molar-refractivity contribution < 1.29 is 4.39 Å². The fourth-order valence-electron chi connectivity index (χ4n) is 2.45. The lowest BCUT2D eigenvalue weighted by atomic mass is 10.1. The zero-order chi connectivity index (χ0) is 17.1. The van der Waals surface area contributed by atoms with Crippen LogP contribution in [0.5, 0.6) is 0 Å². The van der Waals surface area contributed by atoms with Crippen LogP contribution in [0.1, 0.15) is 22.5 Å². The molecule has 4 nitrogen and oxygen atoms in total. The molecule has 0 aliphatic heterocycles. The Morgan fingerprint density at radius 3 is 2.71 bits per heavy atom. The van der Waals surface area contributed by atoms with Gasteiger partial charge in [0.15, 0.2) is 5.16 Å². The lowest BCUT2D eigenvalue weighted by Crippen LogP contribution is -2.01. The van der Waals surface area contributed by atoms with Gasteiger partial charge in [-0.2, -0.15) is 5.26 Å². The zero-order valence-corrected chi connectivity index (χ0v) is 14.1. The van der Waals surface area contributed by atoms with Crippen LogP contribution >= 0.6 is 11.8 Å². The first-order valence-electron chi connectivity index (χ1n) is 7.39. The molecule has 24 heavy (non-hydrogen) atoms. The molecule has 120 valence electrons. The van der Waals surface area contributed by atoms with E-state index < -0.39 is 5.82 Å². The van der Waals surface area contributed by atoms with Gasteiger partial charge in [-0.3, -0.25) is 4.57 Å². The van der Waals surface area contributed by atoms with Gasteiger partial charge < -0.3 is 0 Å². The highest BCUT2D eigenvalue weighted by atomic mass is 32.2. The zero-order valence-electron chi connectivity index (χ0n) is 13.3. The third kappa shape index (κ3) is 3.17. The van der Waals surface area contributed by atoms with Gasteiger partial charge in [-0.05, 0) is 43.2 Å². The molecule has 0 radical (unpaired) electrons. The highest BCUT2D eigenvalue weighted by molar-refractivity contribution is 7.98. The molecule has 0 fully saturated rings. The van der Waals surface area contributed by atoms with E-state index in [-0.39, 0.29) is 0 Å². The third-order valence-electron chi connectivity index (χ3n) is 3.70. The maximum absolute atomic E-state index is 13.2. The van der Waals surface area contributed by atoms with Crippen molar-refractivity contribution in [2.45, 2.75) is 24.8 Å². The summed E-state index contributed by atoms with van der Waals surface area (Å²) in [5.41, 5.74) is 3.28. The van der Waals surface area contributed by atoms with Gasteiger partial charge in [-0.15, -0.1) is 10.2 Å². The van der Waals surface area contributed by atoms with E-state index in [2.05, 4.69) is 10.2 Å². The second-order valence-corrected chi connectivity index (χ2v) is 6.30. The molecule has 0 N–H and O–H groups in total. The molecule has 0 spiro atoms. The Kier molecular flexibility index (Phi) is 4.63. The molecule has 0 aliphatic carbocycles. The van der Waals surface area contributed by atoms with Crippen molar-refractivity contribution in [2.24, 2.45) is 0 Å². The second-order valence-electron chi connectivity index (χ2n) is 5.35. The largest absolute Gasteiger partial charge is 0.274 e. The molecule has 3 rings (SSSR count). The SMILES string of the molecule is Cc1ccccc1-n1c(C)nnc1SCc1ccc(F)cc1C#N. The number of aryl methyl sites for hydroxylation is 2. The minimum atomic E-state index is -0.403. The van der Waals surface area contributed by atoms with Crippen molar-refractivity contribution in [3.05, 3.63) is 70.8 Å². The van der Waals surface area contributed by atoms with E-state index in [0.717, 1.165) is 27.8 Å². The summed E-state index contributed by atoms with van der Waals surface area (Å²) in [4.78, 5) is 0.